The van der Waals surface area contributed by atoms with Crippen LogP contribution >= 0.6 is 7.82 Å². The summed E-state index contributed by atoms with van der Waals surface area (Å²) in [5.41, 5.74) is 11.7. The highest BCUT2D eigenvalue weighted by Crippen LogP contribution is 2.44. The standard InChI is InChI=1S/C16H23N6O11P/c17-7(2-1-3-9(23)24)16(27)32-33-34(28,29)30-4-8-11(25)12(26)15(31-8)22-6-21-10-13(18)19-5-20-14(10)22/h5-8,11-12,15,25-26H,1-4,17H2,(H,23,24)(H,28,29)(H2,18,19,20)/t7?,8-,11-,12-,15-/m1/s1. The van der Waals surface area contributed by atoms with E-state index in [2.05, 4.69) is 29.0 Å². The molecule has 2 aromatic heterocycles. The molecule has 6 atom stereocenters. The summed E-state index contributed by atoms with van der Waals surface area (Å²) in [6.45, 7) is -0.742. The van der Waals surface area contributed by atoms with E-state index in [1.165, 1.54) is 17.2 Å². The smallest absolute Gasteiger partial charge is 0.481 e. The van der Waals surface area contributed by atoms with Crippen LogP contribution in [0.5, 0.6) is 0 Å². The summed E-state index contributed by atoms with van der Waals surface area (Å²) < 4.78 is 27.6. The number of carboxylic acids is 1. The lowest BCUT2D eigenvalue weighted by molar-refractivity contribution is -0.226. The van der Waals surface area contributed by atoms with Gasteiger partial charge >= 0.3 is 19.8 Å². The summed E-state index contributed by atoms with van der Waals surface area (Å²) in [5, 5.41) is 29.2. The number of phosphoric ester groups is 1. The Morgan fingerprint density at radius 1 is 1.26 bits per heavy atom. The number of aliphatic hydroxyl groups is 2. The first kappa shape index (κ1) is 25.9. The van der Waals surface area contributed by atoms with E-state index in [1.54, 1.807) is 0 Å². The Labute approximate surface area is 190 Å². The van der Waals surface area contributed by atoms with Crippen LogP contribution in [-0.2, 0) is 33.0 Å². The Morgan fingerprint density at radius 3 is 2.71 bits per heavy atom. The average molecular weight is 506 g/mol. The maximum absolute atomic E-state index is 12.0. The quantitative estimate of drug-likeness (QED) is 0.111. The van der Waals surface area contributed by atoms with Crippen molar-refractivity contribution >= 4 is 36.7 Å². The van der Waals surface area contributed by atoms with Gasteiger partial charge in [0.2, 0.25) is 0 Å². The molecule has 3 rings (SSSR count). The number of nitrogens with zero attached hydrogens (tertiary/aromatic N) is 4. The number of carbonyl (C=O) groups is 2. The Kier molecular flexibility index (Phi) is 8.11. The summed E-state index contributed by atoms with van der Waals surface area (Å²) in [6, 6.07) is -1.29. The maximum atomic E-state index is 12.0. The van der Waals surface area contributed by atoms with Crippen molar-refractivity contribution in [3.63, 3.8) is 0 Å². The van der Waals surface area contributed by atoms with Gasteiger partial charge < -0.3 is 36.4 Å². The van der Waals surface area contributed by atoms with E-state index in [-0.39, 0.29) is 36.2 Å². The van der Waals surface area contributed by atoms with Gasteiger partial charge in [0.25, 0.3) is 0 Å². The molecular weight excluding hydrogens is 483 g/mol. The van der Waals surface area contributed by atoms with E-state index >= 15 is 0 Å². The molecule has 3 heterocycles. The summed E-state index contributed by atoms with van der Waals surface area (Å²) in [5.74, 6) is -2.21. The number of hydrogen-bond acceptors (Lipinski definition) is 14. The van der Waals surface area contributed by atoms with Crippen LogP contribution in [0.3, 0.4) is 0 Å². The van der Waals surface area contributed by atoms with Crippen LogP contribution in [0.1, 0.15) is 25.5 Å². The number of nitrogens with two attached hydrogens (primary N) is 2. The number of aromatic nitrogens is 4. The number of aliphatic hydroxyl groups excluding tert-OH is 2. The Balaban J connectivity index is 1.53. The van der Waals surface area contributed by atoms with Gasteiger partial charge in [-0.3, -0.25) is 18.8 Å². The third-order valence-electron chi connectivity index (χ3n) is 4.82. The van der Waals surface area contributed by atoms with Gasteiger partial charge in [0.1, 0.15) is 36.2 Å². The maximum Gasteiger partial charge on any atom is 0.508 e. The molecule has 2 aromatic rings. The molecule has 1 fully saturated rings. The minimum absolute atomic E-state index is 0.0635. The Hall–Kier alpha value is -2.76. The van der Waals surface area contributed by atoms with Crippen molar-refractivity contribution in [2.75, 3.05) is 12.3 Å². The second-order valence-corrected chi connectivity index (χ2v) is 8.61. The molecule has 18 heteroatoms. The molecule has 0 amide bonds. The SMILES string of the molecule is Nc1ncnc2c1ncn2[C@@H]1O[C@H](COP(=O)(O)OOC(=O)C(N)CCCC(=O)O)[C@@H](O)[C@H]1O. The number of carbonyl (C=O) groups excluding carboxylic acids is 1. The highest BCUT2D eigenvalue weighted by Gasteiger charge is 2.45. The van der Waals surface area contributed by atoms with Crippen molar-refractivity contribution in [3.05, 3.63) is 12.7 Å². The summed E-state index contributed by atoms with van der Waals surface area (Å²) in [4.78, 5) is 47.9. The molecule has 1 saturated heterocycles. The highest BCUT2D eigenvalue weighted by atomic mass is 31.2. The van der Waals surface area contributed by atoms with Crippen molar-refractivity contribution in [3.8, 4) is 0 Å². The van der Waals surface area contributed by atoms with Gasteiger partial charge in [0.05, 0.1) is 12.9 Å². The number of aliphatic carboxylic acids is 1. The third kappa shape index (κ3) is 6.02. The monoisotopic (exact) mass is 506 g/mol. The van der Waals surface area contributed by atoms with E-state index in [0.717, 1.165) is 0 Å². The molecule has 0 radical (unpaired) electrons. The van der Waals surface area contributed by atoms with E-state index in [4.69, 9.17) is 21.3 Å². The fraction of sp³-hybridized carbons (Fsp3) is 0.562. The van der Waals surface area contributed by atoms with Crippen molar-refractivity contribution in [1.29, 1.82) is 0 Å². The molecule has 0 aliphatic carbocycles. The normalized spacial score (nSPS) is 25.2. The van der Waals surface area contributed by atoms with E-state index in [9.17, 15) is 29.3 Å². The van der Waals surface area contributed by atoms with Gasteiger partial charge in [-0.25, -0.2) is 24.3 Å². The summed E-state index contributed by atoms with van der Waals surface area (Å²) in [6.07, 6.45) is -3.32. The molecule has 1 aliphatic rings. The fourth-order valence-electron chi connectivity index (χ4n) is 3.08. The predicted molar refractivity (Wildman–Crippen MR) is 108 cm³/mol. The number of fused-ring (bicyclic) bond motifs is 1. The number of phosphoric acid groups is 1. The topological polar surface area (TPSA) is 265 Å². The fourth-order valence-corrected chi connectivity index (χ4v) is 3.62. The summed E-state index contributed by atoms with van der Waals surface area (Å²) >= 11 is 0. The second kappa shape index (κ2) is 10.7. The molecule has 17 nitrogen and oxygen atoms in total. The van der Waals surface area contributed by atoms with Crippen molar-refractivity contribution in [1.82, 2.24) is 19.5 Å². The van der Waals surface area contributed by atoms with Crippen LogP contribution in [0.25, 0.3) is 11.2 Å². The summed E-state index contributed by atoms with van der Waals surface area (Å²) in [7, 11) is -4.97. The zero-order valence-electron chi connectivity index (χ0n) is 17.4. The molecule has 0 saturated carbocycles. The number of imidazole rings is 1. The van der Waals surface area contributed by atoms with Gasteiger partial charge in [-0.1, -0.05) is 4.67 Å². The Morgan fingerprint density at radius 2 is 2.00 bits per heavy atom. The van der Waals surface area contributed by atoms with Gasteiger partial charge in [0.15, 0.2) is 17.7 Å². The lowest BCUT2D eigenvalue weighted by Crippen LogP contribution is -2.34. The van der Waals surface area contributed by atoms with Crippen LogP contribution in [0.4, 0.5) is 5.82 Å². The predicted octanol–water partition coefficient (Wildman–Crippen LogP) is -1.80. The molecule has 188 valence electrons. The van der Waals surface area contributed by atoms with Crippen molar-refractivity contribution < 1.29 is 53.2 Å². The third-order valence-corrected chi connectivity index (χ3v) is 5.56. The minimum Gasteiger partial charge on any atom is -0.481 e. The molecule has 0 bridgehead atoms. The van der Waals surface area contributed by atoms with Gasteiger partial charge in [-0.05, 0) is 12.8 Å². The minimum atomic E-state index is -4.97. The zero-order chi connectivity index (χ0) is 25.0. The number of nitrogen functional groups attached to an aromatic ring is 1. The van der Waals surface area contributed by atoms with Crippen LogP contribution in [0.2, 0.25) is 0 Å². The van der Waals surface area contributed by atoms with Crippen molar-refractivity contribution in [2.45, 2.75) is 49.8 Å². The number of anilines is 1. The van der Waals surface area contributed by atoms with Gasteiger partial charge in [-0.2, -0.15) is 0 Å². The van der Waals surface area contributed by atoms with Gasteiger partial charge in [0, 0.05) is 6.42 Å². The molecule has 34 heavy (non-hydrogen) atoms. The van der Waals surface area contributed by atoms with Crippen LogP contribution < -0.4 is 11.5 Å². The molecule has 8 N–H and O–H groups in total. The lowest BCUT2D eigenvalue weighted by atomic mass is 10.1. The number of rotatable bonds is 11. The largest absolute Gasteiger partial charge is 0.508 e. The van der Waals surface area contributed by atoms with Crippen LogP contribution in [0.15, 0.2) is 12.7 Å². The second-order valence-electron chi connectivity index (χ2n) is 7.26. The first-order valence-electron chi connectivity index (χ1n) is 9.79. The number of carboxylic acid groups (broad SMARTS) is 1. The van der Waals surface area contributed by atoms with Crippen LogP contribution in [-0.4, -0.2) is 82.6 Å². The van der Waals surface area contributed by atoms with E-state index < -0.39 is 56.9 Å². The lowest BCUT2D eigenvalue weighted by Gasteiger charge is -2.17. The molecular formula is C16H23N6O11P. The van der Waals surface area contributed by atoms with Crippen molar-refractivity contribution in [2.24, 2.45) is 5.73 Å². The Bertz CT molecular complexity index is 1080. The molecule has 2 unspecified atom stereocenters. The number of ether oxygens (including phenoxy) is 1. The molecule has 1 aliphatic heterocycles. The number of hydrogen-bond donors (Lipinski definition) is 6. The molecule has 0 spiro atoms. The van der Waals surface area contributed by atoms with Gasteiger partial charge in [-0.15, -0.1) is 0 Å². The van der Waals surface area contributed by atoms with Crippen LogP contribution in [0, 0.1) is 0 Å². The molecule has 0 aromatic carbocycles. The first-order chi connectivity index (χ1) is 16.0. The first-order valence-corrected chi connectivity index (χ1v) is 11.3. The average Bonchev–Trinajstić information content (AvgIpc) is 3.32. The van der Waals surface area contributed by atoms with E-state index in [1.807, 2.05) is 0 Å². The zero-order valence-corrected chi connectivity index (χ0v) is 18.3. The highest BCUT2D eigenvalue weighted by molar-refractivity contribution is 7.47. The van der Waals surface area contributed by atoms with E-state index in [0.29, 0.717) is 0 Å².